The van der Waals surface area contributed by atoms with E-state index in [2.05, 4.69) is 6.42 Å². The third-order valence-electron chi connectivity index (χ3n) is 2.16. The van der Waals surface area contributed by atoms with Crippen LogP contribution in [-0.4, -0.2) is 15.1 Å². The molecule has 0 saturated heterocycles. The molecule has 2 heteroatoms. The van der Waals surface area contributed by atoms with Gasteiger partial charge in [-0.2, -0.15) is 0 Å². The second kappa shape index (κ2) is 4.36. The lowest BCUT2D eigenvalue weighted by molar-refractivity contribution is 0.529. The molecule has 0 amide bonds. The van der Waals surface area contributed by atoms with Crippen LogP contribution in [0.15, 0.2) is 0 Å². The van der Waals surface area contributed by atoms with Crippen molar-refractivity contribution in [2.45, 2.75) is 50.0 Å². The molecule has 1 rings (SSSR count). The number of hydrogen-bond donors (Lipinski definition) is 0. The lowest BCUT2D eigenvalue weighted by Crippen LogP contribution is -2.30. The maximum Gasteiger partial charge on any atom is 0.116 e. The zero-order valence-corrected chi connectivity index (χ0v) is 8.19. The summed E-state index contributed by atoms with van der Waals surface area (Å²) >= 11 is -0.589. The van der Waals surface area contributed by atoms with E-state index >= 15 is 0 Å². The van der Waals surface area contributed by atoms with Crippen LogP contribution < -0.4 is 0 Å². The van der Waals surface area contributed by atoms with Crippen molar-refractivity contribution >= 4 is 11.2 Å². The van der Waals surface area contributed by atoms with E-state index in [0.717, 1.165) is 6.42 Å². The quantitative estimate of drug-likeness (QED) is 0.588. The summed E-state index contributed by atoms with van der Waals surface area (Å²) in [6.07, 6.45) is 7.00. The van der Waals surface area contributed by atoms with Crippen LogP contribution in [-0.2, 0) is 11.2 Å². The van der Waals surface area contributed by atoms with E-state index in [-0.39, 0.29) is 0 Å². The Labute approximate surface area is 72.7 Å². The summed E-state index contributed by atoms with van der Waals surface area (Å²) in [6, 6.07) is 0. The van der Waals surface area contributed by atoms with Crippen LogP contribution in [0, 0.1) is 6.42 Å². The van der Waals surface area contributed by atoms with Gasteiger partial charge in [0.1, 0.15) is 10.5 Å². The molecule has 0 N–H and O–H groups in total. The largest absolute Gasteiger partial charge is 0.616 e. The summed E-state index contributed by atoms with van der Waals surface area (Å²) in [7, 11) is 0. The molecule has 0 spiro atoms. The summed E-state index contributed by atoms with van der Waals surface area (Å²) in [4.78, 5) is 0. The minimum absolute atomic E-state index is 0.339. The highest BCUT2D eigenvalue weighted by Gasteiger charge is 2.26. The topological polar surface area (TPSA) is 23.1 Å². The first kappa shape index (κ1) is 9.40. The van der Waals surface area contributed by atoms with Gasteiger partial charge < -0.3 is 4.55 Å². The van der Waals surface area contributed by atoms with Crippen molar-refractivity contribution in [1.29, 1.82) is 0 Å². The molecule has 0 aliphatic heterocycles. The predicted molar refractivity (Wildman–Crippen MR) is 49.8 cm³/mol. The molecule has 2 atom stereocenters. The summed E-state index contributed by atoms with van der Waals surface area (Å²) in [5.74, 6) is 0. The normalized spacial score (nSPS) is 24.0. The van der Waals surface area contributed by atoms with E-state index in [1.165, 1.54) is 19.3 Å². The van der Waals surface area contributed by atoms with Crippen molar-refractivity contribution < 1.29 is 4.55 Å². The van der Waals surface area contributed by atoms with Crippen molar-refractivity contribution in [1.82, 2.24) is 0 Å². The average molecular weight is 173 g/mol. The third-order valence-corrected chi connectivity index (χ3v) is 4.17. The van der Waals surface area contributed by atoms with E-state index < -0.39 is 11.2 Å². The highest BCUT2D eigenvalue weighted by atomic mass is 32.2. The first-order valence-corrected chi connectivity index (χ1v) is 5.70. The van der Waals surface area contributed by atoms with Gasteiger partial charge in [-0.05, 0) is 57.1 Å². The maximum absolute atomic E-state index is 11.6. The maximum atomic E-state index is 11.6. The van der Waals surface area contributed by atoms with Gasteiger partial charge in [-0.3, -0.25) is 0 Å². The Kier molecular flexibility index (Phi) is 3.73. The zero-order valence-electron chi connectivity index (χ0n) is 7.38. The molecule has 65 valence electrons. The van der Waals surface area contributed by atoms with Crippen LogP contribution in [0.4, 0.5) is 0 Å². The van der Waals surface area contributed by atoms with Crippen LogP contribution in [0.1, 0.15) is 39.5 Å². The van der Waals surface area contributed by atoms with Gasteiger partial charge in [0.25, 0.3) is 0 Å². The molecule has 0 aromatic rings. The zero-order chi connectivity index (χ0) is 8.27. The van der Waals surface area contributed by atoms with E-state index in [1.54, 1.807) is 0 Å². The fourth-order valence-electron chi connectivity index (χ4n) is 1.51. The average Bonchev–Trinajstić information content (AvgIpc) is 2.05. The van der Waals surface area contributed by atoms with Gasteiger partial charge >= 0.3 is 0 Å². The van der Waals surface area contributed by atoms with Crippen LogP contribution in [0.2, 0.25) is 0 Å². The molecule has 1 aliphatic rings. The summed E-state index contributed by atoms with van der Waals surface area (Å²) in [5.41, 5.74) is 0. The Morgan fingerprint density at radius 3 is 2.73 bits per heavy atom. The molecule has 2 unspecified atom stereocenters. The molecular weight excluding hydrogens is 156 g/mol. The second-order valence-electron chi connectivity index (χ2n) is 3.45. The molecule has 1 fully saturated rings. The standard InChI is InChI=1S/C9H17OS/c1-8(2)11(10)9-6-4-3-5-7-9/h4,8-9H,3,5-7H2,1-2H3. The molecule has 0 aromatic heterocycles. The van der Waals surface area contributed by atoms with Crippen LogP contribution >= 0.6 is 0 Å². The SMILES string of the molecule is CC(C)[S+]([O-])C1C[CH]CCC1. The summed E-state index contributed by atoms with van der Waals surface area (Å²) < 4.78 is 11.6. The van der Waals surface area contributed by atoms with Crippen molar-refractivity contribution in [2.75, 3.05) is 0 Å². The predicted octanol–water partition coefficient (Wildman–Crippen LogP) is 2.29. The second-order valence-corrected chi connectivity index (χ2v) is 5.72. The van der Waals surface area contributed by atoms with E-state index in [0.29, 0.717) is 10.5 Å². The first-order valence-electron chi connectivity index (χ1n) is 4.43. The Balaban J connectivity index is 2.32. The minimum Gasteiger partial charge on any atom is -0.616 e. The summed E-state index contributed by atoms with van der Waals surface area (Å²) in [6.45, 7) is 4.09. The molecular formula is C9H17OS. The van der Waals surface area contributed by atoms with Gasteiger partial charge in [0.2, 0.25) is 0 Å². The fourth-order valence-corrected chi connectivity index (χ4v) is 3.00. The molecule has 11 heavy (non-hydrogen) atoms. The Morgan fingerprint density at radius 2 is 2.27 bits per heavy atom. The molecule has 0 aromatic carbocycles. The highest BCUT2D eigenvalue weighted by molar-refractivity contribution is 7.92. The first-order chi connectivity index (χ1) is 5.22. The molecule has 1 nitrogen and oxygen atoms in total. The van der Waals surface area contributed by atoms with Crippen molar-refractivity contribution in [3.05, 3.63) is 6.42 Å². The molecule has 1 radical (unpaired) electrons. The highest BCUT2D eigenvalue weighted by Crippen LogP contribution is 2.25. The van der Waals surface area contributed by atoms with Gasteiger partial charge in [0.05, 0.1) is 0 Å². The van der Waals surface area contributed by atoms with E-state index in [1.807, 2.05) is 13.8 Å². The van der Waals surface area contributed by atoms with Gasteiger partial charge in [0.15, 0.2) is 0 Å². The lowest BCUT2D eigenvalue weighted by atomic mass is 10.0. The lowest BCUT2D eigenvalue weighted by Gasteiger charge is -2.27. The van der Waals surface area contributed by atoms with E-state index in [4.69, 9.17) is 0 Å². The minimum atomic E-state index is -0.589. The van der Waals surface area contributed by atoms with Gasteiger partial charge in [0, 0.05) is 0 Å². The Hall–Kier alpha value is 0.310. The van der Waals surface area contributed by atoms with Crippen LogP contribution in [0.3, 0.4) is 0 Å². The van der Waals surface area contributed by atoms with Gasteiger partial charge in [-0.1, -0.05) is 0 Å². The monoisotopic (exact) mass is 173 g/mol. The number of rotatable bonds is 2. The van der Waals surface area contributed by atoms with E-state index in [9.17, 15) is 4.55 Å². The fraction of sp³-hybridized carbons (Fsp3) is 0.889. The Morgan fingerprint density at radius 1 is 1.55 bits per heavy atom. The summed E-state index contributed by atoms with van der Waals surface area (Å²) in [5, 5.41) is 0.801. The smallest absolute Gasteiger partial charge is 0.116 e. The third kappa shape index (κ3) is 2.68. The number of hydrogen-bond acceptors (Lipinski definition) is 1. The van der Waals surface area contributed by atoms with Crippen LogP contribution in [0.5, 0.6) is 0 Å². The van der Waals surface area contributed by atoms with Crippen LogP contribution in [0.25, 0.3) is 0 Å². The molecule has 1 aliphatic carbocycles. The Bertz CT molecular complexity index is 108. The van der Waals surface area contributed by atoms with Gasteiger partial charge in [-0.25, -0.2) is 0 Å². The molecule has 1 saturated carbocycles. The molecule has 0 heterocycles. The van der Waals surface area contributed by atoms with Gasteiger partial charge in [-0.15, -0.1) is 0 Å². The molecule has 0 bridgehead atoms. The van der Waals surface area contributed by atoms with Crippen molar-refractivity contribution in [3.63, 3.8) is 0 Å². The van der Waals surface area contributed by atoms with Crippen molar-refractivity contribution in [3.8, 4) is 0 Å². The van der Waals surface area contributed by atoms with Crippen molar-refractivity contribution in [2.24, 2.45) is 0 Å².